The second-order valence-corrected chi connectivity index (χ2v) is 4.48. The Morgan fingerprint density at radius 3 is 3.05 bits per heavy atom. The molecule has 4 nitrogen and oxygen atoms in total. The van der Waals surface area contributed by atoms with E-state index in [9.17, 15) is 4.39 Å². The van der Waals surface area contributed by atoms with E-state index in [2.05, 4.69) is 10.3 Å². The summed E-state index contributed by atoms with van der Waals surface area (Å²) in [6.07, 6.45) is 4.37. The van der Waals surface area contributed by atoms with Gasteiger partial charge in [-0.1, -0.05) is 11.6 Å². The summed E-state index contributed by atoms with van der Waals surface area (Å²) in [4.78, 5) is 4.17. The molecule has 1 heterocycles. The maximum atomic E-state index is 13.7. The number of imidazole rings is 1. The molecule has 6 heteroatoms. The van der Waals surface area contributed by atoms with Crippen molar-refractivity contribution in [2.45, 2.75) is 13.0 Å². The summed E-state index contributed by atoms with van der Waals surface area (Å²) in [6, 6.07) is 4.49. The normalized spacial score (nSPS) is 10.7. The second-order valence-electron chi connectivity index (χ2n) is 4.04. The van der Waals surface area contributed by atoms with Gasteiger partial charge in [-0.25, -0.2) is 9.37 Å². The van der Waals surface area contributed by atoms with Gasteiger partial charge in [-0.3, -0.25) is 0 Å². The van der Waals surface area contributed by atoms with Crippen molar-refractivity contribution in [2.75, 3.05) is 19.0 Å². The molecule has 0 saturated heterocycles. The lowest BCUT2D eigenvalue weighted by Crippen LogP contribution is -2.06. The SMILES string of the molecule is COCCCn1ccnc1Nc1ccc(Cl)cc1F. The smallest absolute Gasteiger partial charge is 0.207 e. The van der Waals surface area contributed by atoms with Crippen LogP contribution >= 0.6 is 11.6 Å². The molecule has 0 saturated carbocycles. The van der Waals surface area contributed by atoms with Crippen LogP contribution in [0.4, 0.5) is 16.0 Å². The van der Waals surface area contributed by atoms with Gasteiger partial charge in [0, 0.05) is 37.7 Å². The van der Waals surface area contributed by atoms with Crippen molar-refractivity contribution in [3.63, 3.8) is 0 Å². The molecular weight excluding hydrogens is 269 g/mol. The van der Waals surface area contributed by atoms with E-state index in [4.69, 9.17) is 16.3 Å². The van der Waals surface area contributed by atoms with E-state index in [1.54, 1.807) is 25.4 Å². The third kappa shape index (κ3) is 3.68. The summed E-state index contributed by atoms with van der Waals surface area (Å²) < 4.78 is 20.6. The van der Waals surface area contributed by atoms with E-state index < -0.39 is 5.82 Å². The Hall–Kier alpha value is -1.59. The molecule has 19 heavy (non-hydrogen) atoms. The molecular formula is C13H15ClFN3O. The Bertz CT molecular complexity index is 544. The quantitative estimate of drug-likeness (QED) is 0.825. The van der Waals surface area contributed by atoms with Gasteiger partial charge in [-0.15, -0.1) is 0 Å². The molecule has 0 radical (unpaired) electrons. The van der Waals surface area contributed by atoms with Crippen LogP contribution in [-0.2, 0) is 11.3 Å². The predicted octanol–water partition coefficient (Wildman–Crippen LogP) is 3.46. The lowest BCUT2D eigenvalue weighted by atomic mass is 10.3. The maximum Gasteiger partial charge on any atom is 0.207 e. The number of hydrogen-bond acceptors (Lipinski definition) is 3. The maximum absolute atomic E-state index is 13.7. The van der Waals surface area contributed by atoms with Gasteiger partial charge in [-0.2, -0.15) is 0 Å². The molecule has 2 aromatic rings. The predicted molar refractivity (Wildman–Crippen MR) is 73.4 cm³/mol. The highest BCUT2D eigenvalue weighted by atomic mass is 35.5. The summed E-state index contributed by atoms with van der Waals surface area (Å²) in [5.74, 6) is 0.191. The highest BCUT2D eigenvalue weighted by molar-refractivity contribution is 6.30. The van der Waals surface area contributed by atoms with Crippen molar-refractivity contribution >= 4 is 23.2 Å². The topological polar surface area (TPSA) is 39.1 Å². The van der Waals surface area contributed by atoms with E-state index in [-0.39, 0.29) is 0 Å². The number of halogens is 2. The first-order valence-electron chi connectivity index (χ1n) is 5.93. The van der Waals surface area contributed by atoms with E-state index in [1.165, 1.54) is 6.07 Å². The van der Waals surface area contributed by atoms with Gasteiger partial charge in [-0.05, 0) is 24.6 Å². The van der Waals surface area contributed by atoms with Gasteiger partial charge >= 0.3 is 0 Å². The number of benzene rings is 1. The average Bonchev–Trinajstić information content (AvgIpc) is 2.81. The van der Waals surface area contributed by atoms with Crippen LogP contribution in [-0.4, -0.2) is 23.3 Å². The first-order valence-corrected chi connectivity index (χ1v) is 6.30. The molecule has 0 amide bonds. The fraction of sp³-hybridized carbons (Fsp3) is 0.308. The monoisotopic (exact) mass is 283 g/mol. The number of aryl methyl sites for hydroxylation is 1. The summed E-state index contributed by atoms with van der Waals surface area (Å²) in [5, 5.41) is 3.32. The highest BCUT2D eigenvalue weighted by Gasteiger charge is 2.07. The van der Waals surface area contributed by atoms with Gasteiger partial charge in [0.05, 0.1) is 5.69 Å². The van der Waals surface area contributed by atoms with E-state index in [0.29, 0.717) is 23.3 Å². The van der Waals surface area contributed by atoms with Crippen molar-refractivity contribution < 1.29 is 9.13 Å². The zero-order chi connectivity index (χ0) is 13.7. The molecule has 0 aliphatic heterocycles. The van der Waals surface area contributed by atoms with Crippen molar-refractivity contribution in [3.05, 3.63) is 41.4 Å². The molecule has 0 spiro atoms. The van der Waals surface area contributed by atoms with Gasteiger partial charge < -0.3 is 14.6 Å². The number of ether oxygens (including phenoxy) is 1. The Balaban J connectivity index is 2.08. The fourth-order valence-electron chi connectivity index (χ4n) is 1.70. The van der Waals surface area contributed by atoms with E-state index >= 15 is 0 Å². The Labute approximate surface area is 116 Å². The number of anilines is 2. The summed E-state index contributed by atoms with van der Waals surface area (Å²) >= 11 is 5.71. The Morgan fingerprint density at radius 1 is 1.47 bits per heavy atom. The van der Waals surface area contributed by atoms with Crippen LogP contribution in [0.25, 0.3) is 0 Å². The Kier molecular flexibility index (Phi) is 4.76. The van der Waals surface area contributed by atoms with Gasteiger partial charge in [0.15, 0.2) is 0 Å². The number of hydrogen-bond donors (Lipinski definition) is 1. The van der Waals surface area contributed by atoms with Crippen LogP contribution in [0.2, 0.25) is 5.02 Å². The molecule has 1 aromatic heterocycles. The standard InChI is InChI=1S/C13H15ClFN3O/c1-19-8-2-6-18-7-5-16-13(18)17-12-4-3-10(14)9-11(12)15/h3-5,7,9H,2,6,8H2,1H3,(H,16,17). The average molecular weight is 284 g/mol. The van der Waals surface area contributed by atoms with Gasteiger partial charge in [0.2, 0.25) is 5.95 Å². The molecule has 1 aromatic carbocycles. The minimum atomic E-state index is -0.404. The molecule has 0 bridgehead atoms. The zero-order valence-corrected chi connectivity index (χ0v) is 11.3. The first kappa shape index (κ1) is 13.8. The summed E-state index contributed by atoms with van der Waals surface area (Å²) in [7, 11) is 1.66. The van der Waals surface area contributed by atoms with Crippen molar-refractivity contribution in [1.82, 2.24) is 9.55 Å². The summed E-state index contributed by atoms with van der Waals surface area (Å²) in [5.41, 5.74) is 0.351. The van der Waals surface area contributed by atoms with Crippen molar-refractivity contribution in [1.29, 1.82) is 0 Å². The second kappa shape index (κ2) is 6.54. The third-order valence-corrected chi connectivity index (χ3v) is 2.88. The van der Waals surface area contributed by atoms with Crippen LogP contribution in [0.3, 0.4) is 0 Å². The number of rotatable bonds is 6. The lowest BCUT2D eigenvalue weighted by Gasteiger charge is -2.10. The number of nitrogens with one attached hydrogen (secondary N) is 1. The fourth-order valence-corrected chi connectivity index (χ4v) is 1.86. The molecule has 2 rings (SSSR count). The van der Waals surface area contributed by atoms with Crippen LogP contribution in [0.5, 0.6) is 0 Å². The first-order chi connectivity index (χ1) is 9.20. The number of aromatic nitrogens is 2. The zero-order valence-electron chi connectivity index (χ0n) is 10.6. The van der Waals surface area contributed by atoms with Crippen LogP contribution in [0.15, 0.2) is 30.6 Å². The van der Waals surface area contributed by atoms with Crippen molar-refractivity contribution in [2.24, 2.45) is 0 Å². The van der Waals surface area contributed by atoms with Crippen LogP contribution in [0.1, 0.15) is 6.42 Å². The molecule has 0 atom stereocenters. The van der Waals surface area contributed by atoms with Gasteiger partial charge in [0.1, 0.15) is 5.82 Å². The highest BCUT2D eigenvalue weighted by Crippen LogP contribution is 2.22. The molecule has 102 valence electrons. The van der Waals surface area contributed by atoms with E-state index in [1.807, 2.05) is 10.8 Å². The van der Waals surface area contributed by atoms with Crippen LogP contribution < -0.4 is 5.32 Å². The van der Waals surface area contributed by atoms with Crippen LogP contribution in [0, 0.1) is 5.82 Å². The minimum Gasteiger partial charge on any atom is -0.385 e. The molecule has 0 fully saturated rings. The molecule has 0 unspecified atom stereocenters. The number of nitrogens with zero attached hydrogens (tertiary/aromatic N) is 2. The molecule has 0 aliphatic carbocycles. The lowest BCUT2D eigenvalue weighted by molar-refractivity contribution is 0.190. The Morgan fingerprint density at radius 2 is 2.32 bits per heavy atom. The number of methoxy groups -OCH3 is 1. The minimum absolute atomic E-state index is 0.351. The summed E-state index contributed by atoms with van der Waals surface area (Å²) in [6.45, 7) is 1.43. The largest absolute Gasteiger partial charge is 0.385 e. The van der Waals surface area contributed by atoms with Crippen molar-refractivity contribution in [3.8, 4) is 0 Å². The third-order valence-electron chi connectivity index (χ3n) is 2.64. The van der Waals surface area contributed by atoms with Gasteiger partial charge in [0.25, 0.3) is 0 Å². The molecule has 1 N–H and O–H groups in total. The van der Waals surface area contributed by atoms with E-state index in [0.717, 1.165) is 13.0 Å². The molecule has 0 aliphatic rings.